The largest absolute Gasteiger partial charge is 0.476 e. The molecule has 0 saturated heterocycles. The second-order valence-electron chi connectivity index (χ2n) is 3.08. The van der Waals surface area contributed by atoms with Crippen LogP contribution in [0.3, 0.4) is 0 Å². The highest BCUT2D eigenvalue weighted by Gasteiger charge is 2.12. The Labute approximate surface area is 95.2 Å². The molecule has 2 N–H and O–H groups in total. The average molecular weight is 234 g/mol. The van der Waals surface area contributed by atoms with E-state index < -0.39 is 11.8 Å². The van der Waals surface area contributed by atoms with Crippen molar-refractivity contribution in [1.82, 2.24) is 15.0 Å². The molecule has 7 heteroatoms. The molecule has 17 heavy (non-hydrogen) atoms. The molecule has 0 fully saturated rings. The molecule has 2 rings (SSSR count). The van der Waals surface area contributed by atoms with Crippen LogP contribution in [0.15, 0.2) is 30.9 Å². The summed E-state index contributed by atoms with van der Waals surface area (Å²) >= 11 is 0. The summed E-state index contributed by atoms with van der Waals surface area (Å²) < 4.78 is 12.9. The quantitative estimate of drug-likeness (QED) is 0.835. The molecule has 0 atom stereocenters. The predicted molar refractivity (Wildman–Crippen MR) is 56.5 cm³/mol. The third-order valence-corrected chi connectivity index (χ3v) is 1.87. The summed E-state index contributed by atoms with van der Waals surface area (Å²) in [6.07, 6.45) is 4.99. The summed E-state index contributed by atoms with van der Waals surface area (Å²) in [5.41, 5.74) is 0.0600. The minimum Gasteiger partial charge on any atom is -0.476 e. The Kier molecular flexibility index (Phi) is 2.91. The van der Waals surface area contributed by atoms with Gasteiger partial charge in [0.1, 0.15) is 5.82 Å². The Morgan fingerprint density at radius 1 is 1.29 bits per heavy atom. The van der Waals surface area contributed by atoms with Crippen molar-refractivity contribution in [3.05, 3.63) is 42.4 Å². The molecule has 0 aliphatic heterocycles. The van der Waals surface area contributed by atoms with Crippen LogP contribution in [0.5, 0.6) is 0 Å². The number of carboxylic acids is 1. The van der Waals surface area contributed by atoms with Crippen molar-refractivity contribution in [3.8, 4) is 0 Å². The van der Waals surface area contributed by atoms with Crippen LogP contribution in [-0.2, 0) is 0 Å². The standard InChI is InChI=1S/C10H7FN4O2/c11-6-3-7(5-12-4-6)15-9-8(10(16)17)13-1-2-14-9/h1-5H,(H,14,15)(H,16,17). The first-order valence-electron chi connectivity index (χ1n) is 4.58. The number of nitrogens with zero attached hydrogens (tertiary/aromatic N) is 3. The molecule has 0 spiro atoms. The van der Waals surface area contributed by atoms with Gasteiger partial charge in [0.2, 0.25) is 0 Å². The van der Waals surface area contributed by atoms with Gasteiger partial charge in [0.15, 0.2) is 11.5 Å². The summed E-state index contributed by atoms with van der Waals surface area (Å²) in [5, 5.41) is 11.5. The van der Waals surface area contributed by atoms with Crippen LogP contribution in [0.25, 0.3) is 0 Å². The van der Waals surface area contributed by atoms with Crippen molar-refractivity contribution < 1.29 is 14.3 Å². The van der Waals surface area contributed by atoms with E-state index in [1.165, 1.54) is 24.7 Å². The molecule has 0 aliphatic rings. The van der Waals surface area contributed by atoms with Crippen LogP contribution in [0, 0.1) is 5.82 Å². The normalized spacial score (nSPS) is 9.94. The molecule has 0 aromatic carbocycles. The van der Waals surface area contributed by atoms with Crippen LogP contribution in [0.4, 0.5) is 15.9 Å². The minimum absolute atomic E-state index is 0.0346. The molecule has 0 unspecified atom stereocenters. The fraction of sp³-hybridized carbons (Fsp3) is 0. The van der Waals surface area contributed by atoms with Gasteiger partial charge in [-0.1, -0.05) is 0 Å². The molecule has 0 radical (unpaired) electrons. The van der Waals surface area contributed by atoms with Gasteiger partial charge in [-0.25, -0.2) is 19.2 Å². The van der Waals surface area contributed by atoms with Crippen molar-refractivity contribution in [2.75, 3.05) is 5.32 Å². The predicted octanol–water partition coefficient (Wildman–Crippen LogP) is 1.45. The maximum atomic E-state index is 12.9. The van der Waals surface area contributed by atoms with Gasteiger partial charge in [0.05, 0.1) is 18.1 Å². The zero-order valence-corrected chi connectivity index (χ0v) is 8.46. The third-order valence-electron chi connectivity index (χ3n) is 1.87. The molecular formula is C10H7FN4O2. The van der Waals surface area contributed by atoms with E-state index in [9.17, 15) is 9.18 Å². The van der Waals surface area contributed by atoms with Gasteiger partial charge in [-0.15, -0.1) is 0 Å². The molecule has 86 valence electrons. The zero-order chi connectivity index (χ0) is 12.3. The molecule has 0 bridgehead atoms. The third kappa shape index (κ3) is 2.51. The highest BCUT2D eigenvalue weighted by atomic mass is 19.1. The summed E-state index contributed by atoms with van der Waals surface area (Å²) in [4.78, 5) is 21.9. The van der Waals surface area contributed by atoms with Crippen molar-refractivity contribution >= 4 is 17.5 Å². The molecule has 2 heterocycles. The molecule has 0 aliphatic carbocycles. The maximum absolute atomic E-state index is 12.9. The van der Waals surface area contributed by atoms with Crippen LogP contribution in [0.1, 0.15) is 10.5 Å². The Hall–Kier alpha value is -2.57. The smallest absolute Gasteiger partial charge is 0.358 e. The maximum Gasteiger partial charge on any atom is 0.358 e. The van der Waals surface area contributed by atoms with E-state index in [1.807, 2.05) is 0 Å². The van der Waals surface area contributed by atoms with Gasteiger partial charge in [-0.2, -0.15) is 0 Å². The number of carbonyl (C=O) groups is 1. The number of nitrogens with one attached hydrogen (secondary N) is 1. The van der Waals surface area contributed by atoms with E-state index in [2.05, 4.69) is 20.3 Å². The van der Waals surface area contributed by atoms with Crippen LogP contribution < -0.4 is 5.32 Å². The van der Waals surface area contributed by atoms with E-state index in [0.717, 1.165) is 6.20 Å². The Morgan fingerprint density at radius 2 is 2.06 bits per heavy atom. The Morgan fingerprint density at radius 3 is 2.76 bits per heavy atom. The van der Waals surface area contributed by atoms with Crippen LogP contribution in [-0.4, -0.2) is 26.0 Å². The van der Waals surface area contributed by atoms with Gasteiger partial charge in [-0.3, -0.25) is 4.98 Å². The zero-order valence-electron chi connectivity index (χ0n) is 8.46. The van der Waals surface area contributed by atoms with Gasteiger partial charge in [0, 0.05) is 18.5 Å². The molecule has 2 aromatic heterocycles. The minimum atomic E-state index is -1.22. The summed E-state index contributed by atoms with van der Waals surface area (Å²) in [5.74, 6) is -1.71. The van der Waals surface area contributed by atoms with Gasteiger partial charge >= 0.3 is 5.97 Å². The number of halogens is 1. The second kappa shape index (κ2) is 4.52. The molecule has 0 saturated carbocycles. The van der Waals surface area contributed by atoms with Crippen molar-refractivity contribution in [2.45, 2.75) is 0 Å². The number of aromatic nitrogens is 3. The summed E-state index contributed by atoms with van der Waals surface area (Å²) in [7, 11) is 0. The number of hydrogen-bond acceptors (Lipinski definition) is 5. The lowest BCUT2D eigenvalue weighted by molar-refractivity contribution is 0.0691. The first kappa shape index (κ1) is 10.9. The number of pyridine rings is 1. The van der Waals surface area contributed by atoms with Crippen molar-refractivity contribution in [3.63, 3.8) is 0 Å². The Balaban J connectivity index is 2.33. The van der Waals surface area contributed by atoms with E-state index in [1.54, 1.807) is 0 Å². The lowest BCUT2D eigenvalue weighted by atomic mass is 10.3. The number of carboxylic acid groups (broad SMARTS) is 1. The van der Waals surface area contributed by atoms with E-state index in [-0.39, 0.29) is 11.5 Å². The monoisotopic (exact) mass is 234 g/mol. The molecule has 6 nitrogen and oxygen atoms in total. The summed E-state index contributed by atoms with van der Waals surface area (Å²) in [6, 6.07) is 1.17. The first-order chi connectivity index (χ1) is 8.16. The lowest BCUT2D eigenvalue weighted by Crippen LogP contribution is -2.07. The Bertz CT molecular complexity index is 562. The SMILES string of the molecule is O=C(O)c1nccnc1Nc1cncc(F)c1. The average Bonchev–Trinajstić information content (AvgIpc) is 2.29. The first-order valence-corrected chi connectivity index (χ1v) is 4.58. The highest BCUT2D eigenvalue weighted by molar-refractivity contribution is 5.91. The number of anilines is 2. The molecular weight excluding hydrogens is 227 g/mol. The highest BCUT2D eigenvalue weighted by Crippen LogP contribution is 2.16. The number of aromatic carboxylic acids is 1. The van der Waals surface area contributed by atoms with Gasteiger partial charge in [0.25, 0.3) is 0 Å². The van der Waals surface area contributed by atoms with Gasteiger partial charge in [-0.05, 0) is 0 Å². The number of rotatable bonds is 3. The molecule has 2 aromatic rings. The van der Waals surface area contributed by atoms with Gasteiger partial charge < -0.3 is 10.4 Å². The van der Waals surface area contributed by atoms with E-state index in [0.29, 0.717) is 5.69 Å². The summed E-state index contributed by atoms with van der Waals surface area (Å²) in [6.45, 7) is 0. The fourth-order valence-corrected chi connectivity index (χ4v) is 1.20. The van der Waals surface area contributed by atoms with Crippen molar-refractivity contribution in [2.24, 2.45) is 0 Å². The van der Waals surface area contributed by atoms with E-state index in [4.69, 9.17) is 5.11 Å². The second-order valence-corrected chi connectivity index (χ2v) is 3.08. The molecule has 0 amide bonds. The number of hydrogen-bond donors (Lipinski definition) is 2. The van der Waals surface area contributed by atoms with E-state index >= 15 is 0 Å². The fourth-order valence-electron chi connectivity index (χ4n) is 1.20. The van der Waals surface area contributed by atoms with Crippen molar-refractivity contribution in [1.29, 1.82) is 0 Å². The van der Waals surface area contributed by atoms with Crippen LogP contribution in [0.2, 0.25) is 0 Å². The lowest BCUT2D eigenvalue weighted by Gasteiger charge is -2.06. The van der Waals surface area contributed by atoms with Crippen LogP contribution >= 0.6 is 0 Å². The topological polar surface area (TPSA) is 88.0 Å².